The molecule has 0 radical (unpaired) electrons. The van der Waals surface area contributed by atoms with Crippen LogP contribution in [-0.4, -0.2) is 34.8 Å². The van der Waals surface area contributed by atoms with E-state index in [9.17, 15) is 9.59 Å². The van der Waals surface area contributed by atoms with Gasteiger partial charge < -0.3 is 10.2 Å². The van der Waals surface area contributed by atoms with E-state index in [0.29, 0.717) is 36.1 Å². The molecule has 3 aliphatic carbocycles. The largest absolute Gasteiger partial charge is 0.338 e. The first-order valence-electron chi connectivity index (χ1n) is 12.3. The van der Waals surface area contributed by atoms with Crippen molar-refractivity contribution in [2.24, 2.45) is 34.5 Å². The van der Waals surface area contributed by atoms with Gasteiger partial charge in [0.15, 0.2) is 5.13 Å². The number of thiazole rings is 1. The van der Waals surface area contributed by atoms with E-state index in [-0.39, 0.29) is 22.6 Å². The molecule has 3 fully saturated rings. The van der Waals surface area contributed by atoms with Crippen molar-refractivity contribution in [3.05, 3.63) is 22.7 Å². The van der Waals surface area contributed by atoms with E-state index in [2.05, 4.69) is 30.2 Å². The second-order valence-electron chi connectivity index (χ2n) is 11.4. The van der Waals surface area contributed by atoms with Crippen LogP contribution in [0.25, 0.3) is 0 Å². The summed E-state index contributed by atoms with van der Waals surface area (Å²) >= 11 is 1.57. The lowest BCUT2D eigenvalue weighted by Crippen LogP contribution is -2.59. The van der Waals surface area contributed by atoms with E-state index >= 15 is 0 Å². The molecule has 1 aromatic rings. The zero-order chi connectivity index (χ0) is 22.8. The Morgan fingerprint density at radius 1 is 1.19 bits per heavy atom. The number of amides is 2. The quantitative estimate of drug-likeness (QED) is 0.669. The maximum atomic E-state index is 12.9. The number of hydrogen-bond donors (Lipinski definition) is 1. The number of fused-ring (bicyclic) bond motifs is 5. The summed E-state index contributed by atoms with van der Waals surface area (Å²) in [6, 6.07) is 0.332. The van der Waals surface area contributed by atoms with Crippen molar-refractivity contribution < 1.29 is 9.59 Å². The van der Waals surface area contributed by atoms with E-state index in [1.54, 1.807) is 11.3 Å². The molecule has 1 aromatic heterocycles. The third-order valence-electron chi connectivity index (χ3n) is 10.0. The minimum atomic E-state index is 0.0862. The SMILES string of the molecule is Cc1nc(NC(=O)C[C@H]2CC[C@H]3[C@@H]4CC[C@H]5N(C)C(=O)C=C[C@]5(C)[C@H]4CC[C@]23C)sc1C. The molecule has 1 aliphatic heterocycles. The summed E-state index contributed by atoms with van der Waals surface area (Å²) in [6.45, 7) is 8.91. The summed E-state index contributed by atoms with van der Waals surface area (Å²) in [4.78, 5) is 32.8. The van der Waals surface area contributed by atoms with Crippen molar-refractivity contribution in [3.8, 4) is 0 Å². The molecular formula is C26H37N3O2S. The highest BCUT2D eigenvalue weighted by Crippen LogP contribution is 2.65. The highest BCUT2D eigenvalue weighted by atomic mass is 32.1. The molecule has 174 valence electrons. The fourth-order valence-corrected chi connectivity index (χ4v) is 8.93. The smallest absolute Gasteiger partial charge is 0.246 e. The number of nitrogens with zero attached hydrogens (tertiary/aromatic N) is 2. The van der Waals surface area contributed by atoms with Gasteiger partial charge in [0.25, 0.3) is 0 Å². The van der Waals surface area contributed by atoms with Gasteiger partial charge in [-0.1, -0.05) is 19.9 Å². The highest BCUT2D eigenvalue weighted by Gasteiger charge is 2.60. The number of likely N-dealkylation sites (N-methyl/N-ethyl adjacent to an activating group) is 1. The fourth-order valence-electron chi connectivity index (χ4n) is 8.10. The van der Waals surface area contributed by atoms with Crippen LogP contribution in [0.1, 0.15) is 69.4 Å². The molecular weight excluding hydrogens is 418 g/mol. The Bertz CT molecular complexity index is 951. The number of hydrogen-bond acceptors (Lipinski definition) is 4. The molecule has 0 bridgehead atoms. The molecule has 4 aliphatic rings. The molecule has 5 nitrogen and oxygen atoms in total. The third kappa shape index (κ3) is 3.27. The number of rotatable bonds is 3. The average molecular weight is 456 g/mol. The first-order chi connectivity index (χ1) is 15.1. The van der Waals surface area contributed by atoms with Crippen molar-refractivity contribution in [1.29, 1.82) is 0 Å². The van der Waals surface area contributed by atoms with E-state index in [1.165, 1.54) is 30.6 Å². The lowest BCUT2D eigenvalue weighted by atomic mass is 9.47. The van der Waals surface area contributed by atoms with Crippen LogP contribution < -0.4 is 5.32 Å². The molecule has 32 heavy (non-hydrogen) atoms. The highest BCUT2D eigenvalue weighted by molar-refractivity contribution is 7.15. The molecule has 7 atom stereocenters. The second-order valence-corrected chi connectivity index (χ2v) is 12.6. The van der Waals surface area contributed by atoms with Gasteiger partial charge in [-0.15, -0.1) is 11.3 Å². The van der Waals surface area contributed by atoms with Crippen LogP contribution in [0.4, 0.5) is 5.13 Å². The van der Waals surface area contributed by atoms with Crippen molar-refractivity contribution in [2.75, 3.05) is 12.4 Å². The van der Waals surface area contributed by atoms with Crippen molar-refractivity contribution in [1.82, 2.24) is 9.88 Å². The lowest BCUT2D eigenvalue weighted by molar-refractivity contribution is -0.139. The Kier molecular flexibility index (Phi) is 5.31. The molecule has 1 N–H and O–H groups in total. The molecule has 0 unspecified atom stereocenters. The third-order valence-corrected chi connectivity index (χ3v) is 11.0. The van der Waals surface area contributed by atoms with Gasteiger partial charge in [0, 0.05) is 29.8 Å². The predicted molar refractivity (Wildman–Crippen MR) is 128 cm³/mol. The standard InChI is InChI=1S/C26H37N3O2S/c1-15-16(2)32-24(27-15)28-22(30)14-17-6-8-19-18-7-9-21-26(4,13-11-23(31)29(21)5)20(18)10-12-25(17,19)3/h11,13,17-21H,6-10,12,14H2,1-5H3,(H,27,28,30)/t17-,18+,19+,20+,21-,25-,26-/m1/s1. The minimum absolute atomic E-state index is 0.0862. The van der Waals surface area contributed by atoms with Crippen LogP contribution in [-0.2, 0) is 9.59 Å². The summed E-state index contributed by atoms with van der Waals surface area (Å²) < 4.78 is 0. The van der Waals surface area contributed by atoms with E-state index in [4.69, 9.17) is 0 Å². The summed E-state index contributed by atoms with van der Waals surface area (Å²) in [5.41, 5.74) is 1.34. The molecule has 2 amide bonds. The zero-order valence-corrected chi connectivity index (χ0v) is 20.9. The van der Waals surface area contributed by atoms with Gasteiger partial charge in [-0.2, -0.15) is 0 Å². The maximum Gasteiger partial charge on any atom is 0.246 e. The van der Waals surface area contributed by atoms with Gasteiger partial charge in [0.2, 0.25) is 11.8 Å². The Balaban J connectivity index is 1.31. The van der Waals surface area contributed by atoms with E-state index < -0.39 is 0 Å². The van der Waals surface area contributed by atoms with Crippen LogP contribution >= 0.6 is 11.3 Å². The van der Waals surface area contributed by atoms with Crippen molar-refractivity contribution in [3.63, 3.8) is 0 Å². The Hall–Kier alpha value is -1.69. The summed E-state index contributed by atoms with van der Waals surface area (Å²) in [6.07, 6.45) is 11.8. The monoisotopic (exact) mass is 455 g/mol. The summed E-state index contributed by atoms with van der Waals surface area (Å²) in [5, 5.41) is 3.81. The Morgan fingerprint density at radius 3 is 2.69 bits per heavy atom. The number of nitrogens with one attached hydrogen (secondary N) is 1. The van der Waals surface area contributed by atoms with Crippen LogP contribution in [0.5, 0.6) is 0 Å². The van der Waals surface area contributed by atoms with Crippen LogP contribution in [0.2, 0.25) is 0 Å². The predicted octanol–water partition coefficient (Wildman–Crippen LogP) is 5.34. The van der Waals surface area contributed by atoms with Crippen LogP contribution in [0.3, 0.4) is 0 Å². The lowest BCUT2D eigenvalue weighted by Gasteiger charge is -2.60. The van der Waals surface area contributed by atoms with Crippen LogP contribution in [0.15, 0.2) is 12.2 Å². The number of carbonyl (C=O) groups excluding carboxylic acids is 2. The van der Waals surface area contributed by atoms with Gasteiger partial charge in [-0.3, -0.25) is 9.59 Å². The molecule has 3 saturated carbocycles. The van der Waals surface area contributed by atoms with Gasteiger partial charge in [-0.05, 0) is 87.5 Å². The van der Waals surface area contributed by atoms with E-state index in [1.807, 2.05) is 31.9 Å². The van der Waals surface area contributed by atoms with Crippen LogP contribution in [0, 0.1) is 48.3 Å². The van der Waals surface area contributed by atoms with Gasteiger partial charge in [0.05, 0.1) is 5.69 Å². The molecule has 0 aromatic carbocycles. The molecule has 0 spiro atoms. The topological polar surface area (TPSA) is 62.3 Å². The number of aryl methyl sites for hydroxylation is 2. The molecule has 5 rings (SSSR count). The van der Waals surface area contributed by atoms with Crippen molar-refractivity contribution in [2.45, 2.75) is 78.7 Å². The average Bonchev–Trinajstić information content (AvgIpc) is 3.23. The van der Waals surface area contributed by atoms with Gasteiger partial charge >= 0.3 is 0 Å². The first-order valence-corrected chi connectivity index (χ1v) is 13.1. The maximum absolute atomic E-state index is 12.9. The Morgan fingerprint density at radius 2 is 1.97 bits per heavy atom. The summed E-state index contributed by atoms with van der Waals surface area (Å²) in [7, 11) is 1.98. The van der Waals surface area contributed by atoms with Crippen molar-refractivity contribution >= 4 is 28.3 Å². The molecule has 2 heterocycles. The Labute approximate surface area is 196 Å². The normalized spacial score (nSPS) is 40.6. The van der Waals surface area contributed by atoms with Gasteiger partial charge in [-0.25, -0.2) is 4.98 Å². The first kappa shape index (κ1) is 22.1. The number of carbonyl (C=O) groups is 2. The van der Waals surface area contributed by atoms with Gasteiger partial charge in [0.1, 0.15) is 0 Å². The zero-order valence-electron chi connectivity index (χ0n) is 20.1. The molecule has 6 heteroatoms. The number of anilines is 1. The summed E-state index contributed by atoms with van der Waals surface area (Å²) in [5.74, 6) is 2.77. The number of aromatic nitrogens is 1. The minimum Gasteiger partial charge on any atom is -0.338 e. The van der Waals surface area contributed by atoms with E-state index in [0.717, 1.165) is 23.7 Å². The fraction of sp³-hybridized carbons (Fsp3) is 0.731. The second kappa shape index (κ2) is 7.68. The molecule has 0 saturated heterocycles.